The number of nitrogens with zero attached hydrogens (tertiary/aromatic N) is 3. The van der Waals surface area contributed by atoms with Gasteiger partial charge in [0.05, 0.1) is 5.71 Å². The lowest BCUT2D eigenvalue weighted by Gasteiger charge is -2.40. The number of likely N-dealkylation sites (tertiary alicyclic amines) is 1. The molecule has 1 aromatic heterocycles. The molecule has 0 spiro atoms. The van der Waals surface area contributed by atoms with Crippen molar-refractivity contribution in [2.24, 2.45) is 5.16 Å². The van der Waals surface area contributed by atoms with E-state index in [0.29, 0.717) is 31.1 Å². The molecule has 1 atom stereocenters. The lowest BCUT2D eigenvalue weighted by atomic mass is 9.82. The van der Waals surface area contributed by atoms with Crippen LogP contribution in [0.2, 0.25) is 0 Å². The molecule has 188 valence electrons. The highest BCUT2D eigenvalue weighted by atomic mass is 16.6. The summed E-state index contributed by atoms with van der Waals surface area (Å²) in [5.41, 5.74) is 6.66. The monoisotopic (exact) mass is 485 g/mol. The minimum atomic E-state index is -0.486. The van der Waals surface area contributed by atoms with Crippen molar-refractivity contribution < 1.29 is 14.7 Å². The van der Waals surface area contributed by atoms with Crippen molar-refractivity contribution in [2.75, 3.05) is 13.1 Å². The van der Waals surface area contributed by atoms with Gasteiger partial charge in [0.25, 0.3) is 0 Å². The number of benzene rings is 2. The second-order valence-electron chi connectivity index (χ2n) is 10.6. The third-order valence-electron chi connectivity index (χ3n) is 6.66. The molecule has 6 heteroatoms. The number of amides is 1. The number of ether oxygens (including phenoxy) is 1. The largest absolute Gasteiger partial charge is 0.444 e. The van der Waals surface area contributed by atoms with Crippen molar-refractivity contribution in [1.82, 2.24) is 9.88 Å². The predicted octanol–water partition coefficient (Wildman–Crippen LogP) is 6.43. The van der Waals surface area contributed by atoms with Crippen molar-refractivity contribution in [3.05, 3.63) is 100 Å². The molecule has 0 bridgehead atoms. The highest BCUT2D eigenvalue weighted by Crippen LogP contribution is 2.34. The Kier molecular flexibility index (Phi) is 7.43. The van der Waals surface area contributed by atoms with E-state index in [1.807, 2.05) is 45.9 Å². The Balaban J connectivity index is 1.54. The number of oxime groups is 1. The lowest BCUT2D eigenvalue weighted by Crippen LogP contribution is -2.50. The Morgan fingerprint density at radius 3 is 2.42 bits per heavy atom. The third kappa shape index (κ3) is 5.93. The first-order valence-corrected chi connectivity index (χ1v) is 12.4. The lowest BCUT2D eigenvalue weighted by molar-refractivity contribution is 0.00819. The zero-order valence-corrected chi connectivity index (χ0v) is 21.7. The van der Waals surface area contributed by atoms with Crippen molar-refractivity contribution in [1.29, 1.82) is 0 Å². The van der Waals surface area contributed by atoms with Gasteiger partial charge in [0, 0.05) is 48.8 Å². The van der Waals surface area contributed by atoms with Gasteiger partial charge in [-0.2, -0.15) is 0 Å². The van der Waals surface area contributed by atoms with E-state index < -0.39 is 5.60 Å². The fourth-order valence-electron chi connectivity index (χ4n) is 4.69. The number of aromatic nitrogens is 1. The van der Waals surface area contributed by atoms with Gasteiger partial charge in [-0.15, -0.1) is 0 Å². The molecule has 1 aliphatic rings. The maximum Gasteiger partial charge on any atom is 0.410 e. The second kappa shape index (κ2) is 10.5. The van der Waals surface area contributed by atoms with Crippen LogP contribution in [-0.2, 0) is 4.74 Å². The zero-order valence-electron chi connectivity index (χ0n) is 21.7. The summed E-state index contributed by atoms with van der Waals surface area (Å²) < 4.78 is 5.48. The standard InChI is InChI=1S/C30H35N3O3/c1-20-8-6-7-9-26(20)27(17-28(32-35)24-14-15-31-21(2)16-24)23-12-10-22(11-13-23)25-18-33(19-25)29(34)36-30(3,4)5/h6-16,25,27,35H,17-19H2,1-5H3. The van der Waals surface area contributed by atoms with Gasteiger partial charge in [0.15, 0.2) is 0 Å². The Labute approximate surface area is 213 Å². The summed E-state index contributed by atoms with van der Waals surface area (Å²) in [6, 6.07) is 20.8. The highest BCUT2D eigenvalue weighted by molar-refractivity contribution is 6.01. The molecule has 0 saturated carbocycles. The number of hydrogen-bond donors (Lipinski definition) is 1. The van der Waals surface area contributed by atoms with Crippen LogP contribution in [0, 0.1) is 13.8 Å². The summed E-state index contributed by atoms with van der Waals surface area (Å²) in [4.78, 5) is 18.3. The molecule has 1 saturated heterocycles. The number of hydrogen-bond acceptors (Lipinski definition) is 5. The molecule has 6 nitrogen and oxygen atoms in total. The first-order chi connectivity index (χ1) is 17.1. The summed E-state index contributed by atoms with van der Waals surface area (Å²) in [6.45, 7) is 11.0. The quantitative estimate of drug-likeness (QED) is 0.248. The van der Waals surface area contributed by atoms with E-state index >= 15 is 0 Å². The molecule has 0 radical (unpaired) electrons. The second-order valence-corrected chi connectivity index (χ2v) is 10.6. The molecular formula is C30H35N3O3. The van der Waals surface area contributed by atoms with Gasteiger partial charge >= 0.3 is 6.09 Å². The SMILES string of the molecule is Cc1cc(C(CC(c2ccc(C3CN(C(=O)OC(C)(C)C)C3)cc2)c2ccccc2C)=NO)ccn1. The van der Waals surface area contributed by atoms with Crippen LogP contribution in [0.4, 0.5) is 4.79 Å². The van der Waals surface area contributed by atoms with Gasteiger partial charge in [0.2, 0.25) is 0 Å². The molecule has 4 rings (SSSR count). The number of carbonyl (C=O) groups excluding carboxylic acids is 1. The molecule has 2 heterocycles. The average molecular weight is 486 g/mol. The maximum absolute atomic E-state index is 12.3. The molecule has 0 aliphatic carbocycles. The van der Waals surface area contributed by atoms with Gasteiger partial charge in [-0.05, 0) is 69.0 Å². The summed E-state index contributed by atoms with van der Waals surface area (Å²) in [7, 11) is 0. The van der Waals surface area contributed by atoms with Crippen LogP contribution in [0.5, 0.6) is 0 Å². The van der Waals surface area contributed by atoms with Crippen molar-refractivity contribution in [2.45, 2.75) is 58.5 Å². The van der Waals surface area contributed by atoms with Crippen LogP contribution in [-0.4, -0.2) is 45.6 Å². The molecule has 2 aromatic carbocycles. The van der Waals surface area contributed by atoms with Gasteiger partial charge in [-0.25, -0.2) is 4.79 Å². The Morgan fingerprint density at radius 2 is 1.81 bits per heavy atom. The Morgan fingerprint density at radius 1 is 1.11 bits per heavy atom. The molecule has 1 unspecified atom stereocenters. The van der Waals surface area contributed by atoms with E-state index in [1.54, 1.807) is 11.1 Å². The summed E-state index contributed by atoms with van der Waals surface area (Å²) in [6.07, 6.45) is 2.05. The van der Waals surface area contributed by atoms with Crippen LogP contribution in [0.15, 0.2) is 72.0 Å². The Hall–Kier alpha value is -3.67. The van der Waals surface area contributed by atoms with E-state index in [1.165, 1.54) is 16.7 Å². The van der Waals surface area contributed by atoms with E-state index in [0.717, 1.165) is 16.8 Å². The van der Waals surface area contributed by atoms with Crippen molar-refractivity contribution in [3.63, 3.8) is 0 Å². The van der Waals surface area contributed by atoms with E-state index in [4.69, 9.17) is 4.74 Å². The highest BCUT2D eigenvalue weighted by Gasteiger charge is 2.34. The zero-order chi connectivity index (χ0) is 25.9. The number of rotatable bonds is 6. The van der Waals surface area contributed by atoms with Crippen molar-refractivity contribution >= 4 is 11.8 Å². The fraction of sp³-hybridized carbons (Fsp3) is 0.367. The van der Waals surface area contributed by atoms with Crippen LogP contribution in [0.25, 0.3) is 0 Å². The molecule has 1 amide bonds. The van der Waals surface area contributed by atoms with Crippen LogP contribution < -0.4 is 0 Å². The molecular weight excluding hydrogens is 450 g/mol. The number of carbonyl (C=O) groups is 1. The summed E-state index contributed by atoms with van der Waals surface area (Å²) in [5, 5.41) is 13.6. The third-order valence-corrected chi connectivity index (χ3v) is 6.66. The van der Waals surface area contributed by atoms with E-state index in [9.17, 15) is 10.0 Å². The van der Waals surface area contributed by atoms with Gasteiger partial charge in [-0.3, -0.25) is 4.98 Å². The smallest absolute Gasteiger partial charge is 0.410 e. The number of pyridine rings is 1. The predicted molar refractivity (Wildman–Crippen MR) is 142 cm³/mol. The molecule has 1 N–H and O–H groups in total. The first kappa shape index (κ1) is 25.4. The van der Waals surface area contributed by atoms with Gasteiger partial charge < -0.3 is 14.8 Å². The number of aryl methyl sites for hydroxylation is 2. The Bertz CT molecular complexity index is 1240. The minimum absolute atomic E-state index is 0.0271. The summed E-state index contributed by atoms with van der Waals surface area (Å²) in [5.74, 6) is 0.331. The molecule has 1 aliphatic heterocycles. The van der Waals surface area contributed by atoms with E-state index in [2.05, 4.69) is 59.5 Å². The fourth-order valence-corrected chi connectivity index (χ4v) is 4.69. The molecule has 3 aromatic rings. The normalized spacial score (nSPS) is 15.4. The first-order valence-electron chi connectivity index (χ1n) is 12.4. The molecule has 1 fully saturated rings. The van der Waals surface area contributed by atoms with Crippen molar-refractivity contribution in [3.8, 4) is 0 Å². The minimum Gasteiger partial charge on any atom is -0.444 e. The summed E-state index contributed by atoms with van der Waals surface area (Å²) >= 11 is 0. The van der Waals surface area contributed by atoms with Crippen LogP contribution in [0.3, 0.4) is 0 Å². The topological polar surface area (TPSA) is 75.0 Å². The average Bonchev–Trinajstić information content (AvgIpc) is 2.79. The van der Waals surface area contributed by atoms with E-state index in [-0.39, 0.29) is 12.0 Å². The van der Waals surface area contributed by atoms with Crippen LogP contribution in [0.1, 0.15) is 72.5 Å². The van der Waals surface area contributed by atoms with Gasteiger partial charge in [0.1, 0.15) is 5.60 Å². The van der Waals surface area contributed by atoms with Gasteiger partial charge in [-0.1, -0.05) is 53.7 Å². The molecule has 36 heavy (non-hydrogen) atoms. The van der Waals surface area contributed by atoms with Crippen LogP contribution >= 0.6 is 0 Å². The maximum atomic E-state index is 12.3.